The van der Waals surface area contributed by atoms with Crippen molar-refractivity contribution in [1.82, 2.24) is 4.90 Å². The first-order valence-electron chi connectivity index (χ1n) is 6.88. The molecule has 5 heteroatoms. The van der Waals surface area contributed by atoms with Crippen molar-refractivity contribution in [3.05, 3.63) is 29.8 Å². The van der Waals surface area contributed by atoms with Gasteiger partial charge in [0.2, 0.25) is 5.91 Å². The van der Waals surface area contributed by atoms with Gasteiger partial charge in [-0.2, -0.15) is 0 Å². The van der Waals surface area contributed by atoms with Crippen LogP contribution in [0.25, 0.3) is 0 Å². The van der Waals surface area contributed by atoms with Crippen molar-refractivity contribution < 1.29 is 19.8 Å². The minimum absolute atomic E-state index is 0.0353. The third kappa shape index (κ3) is 2.13. The summed E-state index contributed by atoms with van der Waals surface area (Å²) >= 11 is 0. The van der Waals surface area contributed by atoms with E-state index in [4.69, 9.17) is 0 Å². The fourth-order valence-electron chi connectivity index (χ4n) is 3.58. The van der Waals surface area contributed by atoms with Crippen LogP contribution in [0.15, 0.2) is 24.3 Å². The number of amides is 1. The molecule has 2 aliphatic rings. The molecule has 106 valence electrons. The highest BCUT2D eigenvalue weighted by molar-refractivity contribution is 5.82. The zero-order valence-corrected chi connectivity index (χ0v) is 11.0. The highest BCUT2D eigenvalue weighted by Crippen LogP contribution is 2.42. The number of nitrogens with zero attached hydrogens (tertiary/aromatic N) is 1. The molecule has 2 N–H and O–H groups in total. The summed E-state index contributed by atoms with van der Waals surface area (Å²) in [6.45, 7) is 0. The highest BCUT2D eigenvalue weighted by Gasteiger charge is 2.50. The molecule has 2 bridgehead atoms. The number of hydrogen-bond donors (Lipinski definition) is 2. The Kier molecular flexibility index (Phi) is 3.12. The van der Waals surface area contributed by atoms with E-state index in [0.29, 0.717) is 6.42 Å². The molecule has 20 heavy (non-hydrogen) atoms. The summed E-state index contributed by atoms with van der Waals surface area (Å²) in [6.07, 6.45) is 2.48. The molecule has 0 spiro atoms. The number of hydrogen-bond acceptors (Lipinski definition) is 3. The second-order valence-corrected chi connectivity index (χ2v) is 5.63. The van der Waals surface area contributed by atoms with Gasteiger partial charge in [0.15, 0.2) is 0 Å². The van der Waals surface area contributed by atoms with Crippen molar-refractivity contribution in [2.24, 2.45) is 5.92 Å². The molecule has 3 unspecified atom stereocenters. The number of aliphatic carboxylic acids is 1. The summed E-state index contributed by atoms with van der Waals surface area (Å²) in [5.74, 6) is -1.11. The summed E-state index contributed by atoms with van der Waals surface area (Å²) in [6, 6.07) is 6.56. The van der Waals surface area contributed by atoms with Crippen molar-refractivity contribution >= 4 is 11.9 Å². The van der Waals surface area contributed by atoms with E-state index in [1.54, 1.807) is 29.2 Å². The molecule has 3 rings (SSSR count). The van der Waals surface area contributed by atoms with Gasteiger partial charge in [-0.1, -0.05) is 12.1 Å². The molecule has 1 amide bonds. The molecular formula is C15H17NO4. The second-order valence-electron chi connectivity index (χ2n) is 5.63. The van der Waals surface area contributed by atoms with Crippen LogP contribution in [0, 0.1) is 5.92 Å². The molecular weight excluding hydrogens is 258 g/mol. The number of carbonyl (C=O) groups excluding carboxylic acids is 1. The number of carboxylic acid groups (broad SMARTS) is 1. The lowest BCUT2D eigenvalue weighted by atomic mass is 9.89. The average molecular weight is 275 g/mol. The van der Waals surface area contributed by atoms with Gasteiger partial charge in [0.1, 0.15) is 5.75 Å². The van der Waals surface area contributed by atoms with E-state index < -0.39 is 11.9 Å². The zero-order chi connectivity index (χ0) is 14.3. The lowest BCUT2D eigenvalue weighted by Crippen LogP contribution is -2.38. The third-order valence-electron chi connectivity index (χ3n) is 4.41. The normalized spacial score (nSPS) is 27.8. The zero-order valence-electron chi connectivity index (χ0n) is 11.0. The van der Waals surface area contributed by atoms with Crippen molar-refractivity contribution in [2.45, 2.75) is 37.8 Å². The number of phenolic OH excluding ortho intramolecular Hbond substituents is 1. The number of aromatic hydroxyl groups is 1. The Morgan fingerprint density at radius 3 is 2.75 bits per heavy atom. The Morgan fingerprint density at radius 2 is 2.10 bits per heavy atom. The SMILES string of the molecule is O=C(O)C1CC2CCC1N2C(=O)Cc1cccc(O)c1. The minimum Gasteiger partial charge on any atom is -0.508 e. The van der Waals surface area contributed by atoms with Gasteiger partial charge in [0, 0.05) is 12.1 Å². The van der Waals surface area contributed by atoms with E-state index in [1.165, 1.54) is 0 Å². The number of phenols is 1. The third-order valence-corrected chi connectivity index (χ3v) is 4.41. The van der Waals surface area contributed by atoms with E-state index in [1.807, 2.05) is 0 Å². The fourth-order valence-corrected chi connectivity index (χ4v) is 3.58. The van der Waals surface area contributed by atoms with Crippen LogP contribution >= 0.6 is 0 Å². The van der Waals surface area contributed by atoms with Crippen molar-refractivity contribution in [3.8, 4) is 5.75 Å². The standard InChI is InChI=1S/C15H17NO4/c17-11-3-1-2-9(6-11)7-14(18)16-10-4-5-13(16)12(8-10)15(19)20/h1-3,6,10,12-13,17H,4-5,7-8H2,(H,19,20). The van der Waals surface area contributed by atoms with E-state index >= 15 is 0 Å². The van der Waals surface area contributed by atoms with Crippen LogP contribution in [-0.2, 0) is 16.0 Å². The first-order valence-corrected chi connectivity index (χ1v) is 6.88. The van der Waals surface area contributed by atoms with Crippen molar-refractivity contribution in [1.29, 1.82) is 0 Å². The predicted octanol–water partition coefficient (Wildman–Crippen LogP) is 1.40. The molecule has 2 aliphatic heterocycles. The van der Waals surface area contributed by atoms with Gasteiger partial charge in [-0.15, -0.1) is 0 Å². The second kappa shape index (κ2) is 4.81. The Hall–Kier alpha value is -2.04. The maximum atomic E-state index is 12.4. The molecule has 2 saturated heterocycles. The smallest absolute Gasteiger partial charge is 0.308 e. The van der Waals surface area contributed by atoms with Gasteiger partial charge in [0.05, 0.1) is 12.3 Å². The van der Waals surface area contributed by atoms with Crippen molar-refractivity contribution in [3.63, 3.8) is 0 Å². The Morgan fingerprint density at radius 1 is 1.30 bits per heavy atom. The van der Waals surface area contributed by atoms with Crippen LogP contribution in [0.3, 0.4) is 0 Å². The van der Waals surface area contributed by atoms with E-state index in [0.717, 1.165) is 18.4 Å². The van der Waals surface area contributed by atoms with E-state index in [-0.39, 0.29) is 30.2 Å². The van der Waals surface area contributed by atoms with Gasteiger partial charge in [-0.3, -0.25) is 9.59 Å². The van der Waals surface area contributed by atoms with Crippen LogP contribution in [0.5, 0.6) is 5.75 Å². The lowest BCUT2D eigenvalue weighted by Gasteiger charge is -2.23. The summed E-state index contributed by atoms with van der Waals surface area (Å²) < 4.78 is 0. The van der Waals surface area contributed by atoms with Crippen LogP contribution in [-0.4, -0.2) is 39.1 Å². The number of benzene rings is 1. The Bertz CT molecular complexity index is 557. The van der Waals surface area contributed by atoms with Crippen LogP contribution < -0.4 is 0 Å². The molecule has 0 saturated carbocycles. The van der Waals surface area contributed by atoms with Crippen LogP contribution in [0.4, 0.5) is 0 Å². The molecule has 1 aromatic carbocycles. The lowest BCUT2D eigenvalue weighted by molar-refractivity contribution is -0.143. The first kappa shape index (κ1) is 13.0. The van der Waals surface area contributed by atoms with Gasteiger partial charge >= 0.3 is 5.97 Å². The number of fused-ring (bicyclic) bond motifs is 2. The maximum Gasteiger partial charge on any atom is 0.308 e. The molecule has 2 fully saturated rings. The molecule has 5 nitrogen and oxygen atoms in total. The van der Waals surface area contributed by atoms with Crippen LogP contribution in [0.2, 0.25) is 0 Å². The van der Waals surface area contributed by atoms with Crippen molar-refractivity contribution in [2.75, 3.05) is 0 Å². The molecule has 1 aromatic rings. The summed E-state index contributed by atoms with van der Waals surface area (Å²) in [4.78, 5) is 25.4. The molecule has 0 radical (unpaired) electrons. The predicted molar refractivity (Wildman–Crippen MR) is 71.2 cm³/mol. The maximum absolute atomic E-state index is 12.4. The van der Waals surface area contributed by atoms with Gasteiger partial charge in [0.25, 0.3) is 0 Å². The van der Waals surface area contributed by atoms with Gasteiger partial charge in [-0.05, 0) is 37.0 Å². The number of carboxylic acids is 1. The topological polar surface area (TPSA) is 77.8 Å². The molecule has 0 aliphatic carbocycles. The molecule has 3 atom stereocenters. The number of carbonyl (C=O) groups is 2. The molecule has 2 heterocycles. The monoisotopic (exact) mass is 275 g/mol. The fraction of sp³-hybridized carbons (Fsp3) is 0.467. The molecule has 0 aromatic heterocycles. The summed E-state index contributed by atoms with van der Waals surface area (Å²) in [7, 11) is 0. The quantitative estimate of drug-likeness (QED) is 0.874. The summed E-state index contributed by atoms with van der Waals surface area (Å²) in [5, 5.41) is 18.6. The largest absolute Gasteiger partial charge is 0.508 e. The Labute approximate surface area is 116 Å². The van der Waals surface area contributed by atoms with Crippen LogP contribution in [0.1, 0.15) is 24.8 Å². The Balaban J connectivity index is 1.74. The number of rotatable bonds is 3. The summed E-state index contributed by atoms with van der Waals surface area (Å²) in [5.41, 5.74) is 0.758. The van der Waals surface area contributed by atoms with Gasteiger partial charge < -0.3 is 15.1 Å². The van der Waals surface area contributed by atoms with Gasteiger partial charge in [-0.25, -0.2) is 0 Å². The average Bonchev–Trinajstić information content (AvgIpc) is 2.96. The van der Waals surface area contributed by atoms with E-state index in [2.05, 4.69) is 0 Å². The first-order chi connectivity index (χ1) is 9.56. The minimum atomic E-state index is -0.799. The highest BCUT2D eigenvalue weighted by atomic mass is 16.4. The van der Waals surface area contributed by atoms with E-state index in [9.17, 15) is 19.8 Å².